The molecule has 66 heavy (non-hydrogen) atoms. The average Bonchev–Trinajstić information content (AvgIpc) is 3.83. The Labute approximate surface area is 376 Å². The maximum Gasteiger partial charge on any atom is 0.329 e. The molecule has 0 unspecified atom stereocenters. The quantitative estimate of drug-likeness (QED) is 0.155. The number of carbonyl (C=O) groups is 2. The van der Waals surface area contributed by atoms with Crippen LogP contribution >= 0.6 is 0 Å². The number of likely N-dealkylation sites (tertiary alicyclic amines) is 1. The predicted molar refractivity (Wildman–Crippen MR) is 233 cm³/mol. The molecule has 5 heterocycles. The summed E-state index contributed by atoms with van der Waals surface area (Å²) in [5.41, 5.74) is -0.992. The Balaban J connectivity index is 0.857. The Morgan fingerprint density at radius 3 is 2.52 bits per heavy atom. The van der Waals surface area contributed by atoms with E-state index in [1.54, 1.807) is 18.9 Å². The molecule has 9 rings (SSSR count). The Morgan fingerprint density at radius 2 is 1.80 bits per heavy atom. The summed E-state index contributed by atoms with van der Waals surface area (Å²) in [4.78, 5) is 45.7. The normalized spacial score (nSPS) is 23.7. The number of alkyl halides is 2. The Morgan fingerprint density at radius 1 is 1.03 bits per heavy atom. The van der Waals surface area contributed by atoms with Crippen LogP contribution in [0.25, 0.3) is 21.8 Å². The largest absolute Gasteiger partial charge is 0.453 e. The van der Waals surface area contributed by atoms with Crippen LogP contribution in [0.4, 0.5) is 33.9 Å². The maximum absolute atomic E-state index is 16.1. The van der Waals surface area contributed by atoms with Crippen LogP contribution in [0.5, 0.6) is 11.5 Å². The van der Waals surface area contributed by atoms with Crippen LogP contribution in [-0.4, -0.2) is 106 Å². The van der Waals surface area contributed by atoms with Gasteiger partial charge in [-0.25, -0.2) is 27.3 Å². The molecule has 4 fully saturated rings. The number of aryl methyl sites for hydroxylation is 1. The first-order chi connectivity index (χ1) is 31.4. The molecule has 0 radical (unpaired) electrons. The SMILES string of the molecule is CCN(C)S(=O)(=O)Nc1ccc(F)c(Oc2ccc3ncn([C@H]4COC5(CCC(N6CC[C@H](c7cc8c(cc7F)c(N7CCC(=O)NC7=O)nn8C)C(F)(F)C6)CC5)C4)c(=O)c3c2)c1C#N. The van der Waals surface area contributed by atoms with Crippen molar-refractivity contribution in [3.05, 3.63) is 81.9 Å². The van der Waals surface area contributed by atoms with Crippen molar-refractivity contribution in [3.63, 3.8) is 0 Å². The van der Waals surface area contributed by atoms with Gasteiger partial charge < -0.3 is 9.47 Å². The van der Waals surface area contributed by atoms with Crippen LogP contribution in [-0.2, 0) is 26.8 Å². The molecule has 2 aromatic heterocycles. The third kappa shape index (κ3) is 8.11. The van der Waals surface area contributed by atoms with E-state index in [9.17, 15) is 28.1 Å². The molecule has 0 bridgehead atoms. The number of nitriles is 1. The molecule has 4 aliphatic rings. The van der Waals surface area contributed by atoms with E-state index in [0.717, 1.165) is 22.5 Å². The lowest BCUT2D eigenvalue weighted by atomic mass is 9.78. The van der Waals surface area contributed by atoms with Crippen molar-refractivity contribution in [1.29, 1.82) is 5.26 Å². The fourth-order valence-electron chi connectivity index (χ4n) is 9.81. The Bertz CT molecular complexity index is 3010. The van der Waals surface area contributed by atoms with Gasteiger partial charge in [0.25, 0.3) is 11.5 Å². The zero-order valence-electron chi connectivity index (χ0n) is 36.2. The summed E-state index contributed by atoms with van der Waals surface area (Å²) in [5.74, 6) is -7.22. The Kier molecular flexibility index (Phi) is 11.6. The van der Waals surface area contributed by atoms with Crippen LogP contribution in [0.1, 0.15) is 75.0 Å². The molecule has 3 aromatic carbocycles. The number of urea groups is 1. The van der Waals surface area contributed by atoms with Gasteiger partial charge in [-0.15, -0.1) is 0 Å². The van der Waals surface area contributed by atoms with Gasteiger partial charge in [-0.3, -0.25) is 38.7 Å². The summed E-state index contributed by atoms with van der Waals surface area (Å²) in [6, 6.07) is 9.52. The first-order valence-electron chi connectivity index (χ1n) is 21.6. The van der Waals surface area contributed by atoms with Gasteiger partial charge in [0.2, 0.25) is 5.91 Å². The van der Waals surface area contributed by atoms with Gasteiger partial charge in [0.15, 0.2) is 17.4 Å². The summed E-state index contributed by atoms with van der Waals surface area (Å²) in [6.45, 7) is 1.80. The molecule has 3 saturated heterocycles. The van der Waals surface area contributed by atoms with Crippen LogP contribution in [0.2, 0.25) is 0 Å². The van der Waals surface area contributed by atoms with Crippen LogP contribution in [0.3, 0.4) is 0 Å². The fourth-order valence-corrected chi connectivity index (χ4v) is 10.7. The molecule has 2 N–H and O–H groups in total. The second kappa shape index (κ2) is 16.9. The number of carbonyl (C=O) groups excluding carboxylic acids is 2. The topological polar surface area (TPSA) is 197 Å². The average molecular weight is 935 g/mol. The number of piperidine rings is 1. The second-order valence-electron chi connectivity index (χ2n) is 17.4. The number of nitrogens with zero attached hydrogens (tertiary/aromatic N) is 8. The number of rotatable bonds is 10. The molecule has 2 atom stereocenters. The molecule has 1 aliphatic carbocycles. The third-order valence-corrected chi connectivity index (χ3v) is 15.1. The van der Waals surface area contributed by atoms with Gasteiger partial charge in [-0.05, 0) is 93.1 Å². The summed E-state index contributed by atoms with van der Waals surface area (Å²) in [5, 5.41) is 16.9. The Hall–Kier alpha value is -6.15. The summed E-state index contributed by atoms with van der Waals surface area (Å²) < 4.78 is 107. The van der Waals surface area contributed by atoms with Crippen molar-refractivity contribution in [1.82, 2.24) is 33.9 Å². The number of benzene rings is 3. The number of halogens is 4. The number of amides is 3. The van der Waals surface area contributed by atoms with Gasteiger partial charge in [-0.1, -0.05) is 6.92 Å². The van der Waals surface area contributed by atoms with E-state index in [-0.39, 0.29) is 72.2 Å². The van der Waals surface area contributed by atoms with Crippen molar-refractivity contribution in [2.45, 2.75) is 81.4 Å². The number of hydrogen-bond acceptors (Lipinski definition) is 11. The zero-order chi connectivity index (χ0) is 46.9. The highest BCUT2D eigenvalue weighted by molar-refractivity contribution is 7.90. The zero-order valence-corrected chi connectivity index (χ0v) is 37.0. The molecule has 1 spiro atoms. The number of imide groups is 1. The molecule has 22 heteroatoms. The first kappa shape index (κ1) is 45.0. The third-order valence-electron chi connectivity index (χ3n) is 13.5. The molecule has 17 nitrogen and oxygen atoms in total. The number of aromatic nitrogens is 4. The highest BCUT2D eigenvalue weighted by atomic mass is 32.2. The van der Waals surface area contributed by atoms with Crippen LogP contribution < -0.4 is 25.2 Å². The second-order valence-corrected chi connectivity index (χ2v) is 19.2. The van der Waals surface area contributed by atoms with Crippen molar-refractivity contribution < 1.29 is 45.0 Å². The number of fused-ring (bicyclic) bond motifs is 2. The predicted octanol–water partition coefficient (Wildman–Crippen LogP) is 6.05. The van der Waals surface area contributed by atoms with Crippen molar-refractivity contribution >= 4 is 55.5 Å². The number of ether oxygens (including phenoxy) is 2. The van der Waals surface area contributed by atoms with Gasteiger partial charge in [0.05, 0.1) is 59.1 Å². The molecular weight excluding hydrogens is 889 g/mol. The smallest absolute Gasteiger partial charge is 0.329 e. The summed E-state index contributed by atoms with van der Waals surface area (Å²) in [7, 11) is -1.13. The van der Waals surface area contributed by atoms with E-state index in [1.165, 1.54) is 51.8 Å². The van der Waals surface area contributed by atoms with E-state index in [0.29, 0.717) is 49.7 Å². The van der Waals surface area contributed by atoms with Crippen molar-refractivity contribution in [3.8, 4) is 17.6 Å². The standard InChI is InChI=1S/C44H46F4N10O7S/c1-4-54(2)66(62,63)53-36-8-6-33(45)39(31(36)21-49)65-27-5-7-35-29(17-27)41(60)58(24-50-35)26-20-43(64-22-26)13-9-25(10-14-43)56-15-11-32(44(47,48)23-56)28-19-37-30(18-34(28)46)40(52-55(37)3)57-16-12-38(59)51-42(57)61/h5-8,17-19,24-26,32,53H,4,9-16,20,22-23H2,1-3H3,(H,51,59,61)/t25?,26-,32-,43?/m1/s1. The lowest BCUT2D eigenvalue weighted by Crippen LogP contribution is -2.53. The van der Waals surface area contributed by atoms with Gasteiger partial charge in [0, 0.05) is 45.0 Å². The molecular formula is C44H46F4N10O7S. The number of anilines is 2. The lowest BCUT2D eigenvalue weighted by Gasteiger charge is -2.46. The molecule has 348 valence electrons. The summed E-state index contributed by atoms with van der Waals surface area (Å²) in [6.07, 6.45) is 4.27. The molecule has 1 saturated carbocycles. The van der Waals surface area contributed by atoms with Crippen molar-refractivity contribution in [2.75, 3.05) is 49.5 Å². The van der Waals surface area contributed by atoms with Gasteiger partial charge >= 0.3 is 16.2 Å². The highest BCUT2D eigenvalue weighted by Crippen LogP contribution is 2.48. The minimum atomic E-state index is -4.06. The lowest BCUT2D eigenvalue weighted by molar-refractivity contribution is -0.120. The van der Waals surface area contributed by atoms with Crippen molar-refractivity contribution in [2.24, 2.45) is 7.05 Å². The van der Waals surface area contributed by atoms with Crippen LogP contribution in [0.15, 0.2) is 53.6 Å². The maximum atomic E-state index is 16.1. The minimum Gasteiger partial charge on any atom is -0.453 e. The molecule has 3 amide bonds. The molecule has 5 aromatic rings. The van der Waals surface area contributed by atoms with E-state index in [1.807, 2.05) is 6.07 Å². The van der Waals surface area contributed by atoms with Gasteiger partial charge in [0.1, 0.15) is 23.2 Å². The summed E-state index contributed by atoms with van der Waals surface area (Å²) >= 11 is 0. The van der Waals surface area contributed by atoms with E-state index < -0.39 is 80.7 Å². The van der Waals surface area contributed by atoms with Gasteiger partial charge in [-0.2, -0.15) is 23.1 Å². The van der Waals surface area contributed by atoms with E-state index in [2.05, 4.69) is 20.1 Å². The monoisotopic (exact) mass is 934 g/mol. The first-order valence-corrected chi connectivity index (χ1v) is 23.0. The van der Waals surface area contributed by atoms with Crippen LogP contribution in [0, 0.1) is 23.0 Å². The minimum absolute atomic E-state index is 0.00548. The molecule has 3 aliphatic heterocycles. The fraction of sp³-hybridized carbons (Fsp3) is 0.455. The van der Waals surface area contributed by atoms with E-state index >= 15 is 17.6 Å². The van der Waals surface area contributed by atoms with E-state index in [4.69, 9.17) is 9.47 Å². The highest BCUT2D eigenvalue weighted by Gasteiger charge is 2.50. The number of nitrogens with one attached hydrogen (secondary N) is 2. The number of hydrogen-bond donors (Lipinski definition) is 2.